The van der Waals surface area contributed by atoms with E-state index < -0.39 is 5.97 Å². The number of aryl methyl sites for hydroxylation is 2. The molecule has 0 radical (unpaired) electrons. The number of anilines is 2. The summed E-state index contributed by atoms with van der Waals surface area (Å²) < 4.78 is 6.68. The molecule has 2 aromatic heterocycles. The van der Waals surface area contributed by atoms with Gasteiger partial charge in [-0.1, -0.05) is 26.0 Å². The lowest BCUT2D eigenvalue weighted by atomic mass is 9.99. The maximum atomic E-state index is 12.1. The lowest BCUT2D eigenvalue weighted by molar-refractivity contribution is -0.147. The van der Waals surface area contributed by atoms with Crippen molar-refractivity contribution in [2.75, 3.05) is 17.7 Å². The van der Waals surface area contributed by atoms with Gasteiger partial charge in [0.1, 0.15) is 0 Å². The van der Waals surface area contributed by atoms with E-state index in [0.717, 1.165) is 23.4 Å². The number of carbonyl (C=O) groups excluding carboxylic acids is 2. The molecule has 2 heterocycles. The minimum absolute atomic E-state index is 0.121. The Morgan fingerprint density at radius 2 is 1.90 bits per heavy atom. The number of aromatic nitrogens is 4. The van der Waals surface area contributed by atoms with Gasteiger partial charge in [-0.3, -0.25) is 9.59 Å². The van der Waals surface area contributed by atoms with Gasteiger partial charge in [-0.25, -0.2) is 4.98 Å². The van der Waals surface area contributed by atoms with Crippen molar-refractivity contribution in [3.8, 4) is 0 Å². The van der Waals surface area contributed by atoms with Gasteiger partial charge in [0.05, 0.1) is 0 Å². The zero-order valence-electron chi connectivity index (χ0n) is 18.3. The Morgan fingerprint density at radius 1 is 1.19 bits per heavy atom. The van der Waals surface area contributed by atoms with E-state index in [0.29, 0.717) is 23.8 Å². The Hall–Kier alpha value is -3.49. The maximum absolute atomic E-state index is 12.1. The summed E-state index contributed by atoms with van der Waals surface area (Å²) in [6.45, 7) is 7.68. The van der Waals surface area contributed by atoms with Gasteiger partial charge in [-0.2, -0.15) is 9.50 Å². The standard InChI is InChI=1S/C22H28N6O3/c1-5-13(2)16-6-8-17(9-7-16)25-19(29)12-31-20(30)11-10-18-14(3)24-22-26-21(23)27-28(22)15(18)4/h6-9,13H,5,10-12H2,1-4H3,(H2,23,27)(H,25,29)/t13-/m0/s1. The normalized spacial score (nSPS) is 12.0. The molecule has 1 atom stereocenters. The average Bonchev–Trinajstić information content (AvgIpc) is 3.12. The summed E-state index contributed by atoms with van der Waals surface area (Å²) in [5.41, 5.74) is 9.98. The van der Waals surface area contributed by atoms with E-state index in [4.69, 9.17) is 10.5 Å². The topological polar surface area (TPSA) is 124 Å². The van der Waals surface area contributed by atoms with Gasteiger partial charge >= 0.3 is 5.97 Å². The number of nitrogens with zero attached hydrogens (tertiary/aromatic N) is 4. The van der Waals surface area contributed by atoms with Crippen LogP contribution < -0.4 is 11.1 Å². The SMILES string of the molecule is CC[C@H](C)c1ccc(NC(=O)COC(=O)CCc2c(C)nc3nc(N)nn3c2C)cc1. The predicted molar refractivity (Wildman–Crippen MR) is 118 cm³/mol. The third kappa shape index (κ3) is 5.36. The van der Waals surface area contributed by atoms with Gasteiger partial charge < -0.3 is 15.8 Å². The fourth-order valence-electron chi connectivity index (χ4n) is 3.36. The van der Waals surface area contributed by atoms with Crippen molar-refractivity contribution in [2.45, 2.75) is 52.9 Å². The van der Waals surface area contributed by atoms with Gasteiger partial charge in [0.2, 0.25) is 5.95 Å². The summed E-state index contributed by atoms with van der Waals surface area (Å²) in [6, 6.07) is 7.70. The van der Waals surface area contributed by atoms with Crippen molar-refractivity contribution < 1.29 is 14.3 Å². The van der Waals surface area contributed by atoms with Gasteiger partial charge in [-0.05, 0) is 55.9 Å². The summed E-state index contributed by atoms with van der Waals surface area (Å²) in [4.78, 5) is 32.7. The highest BCUT2D eigenvalue weighted by atomic mass is 16.5. The van der Waals surface area contributed by atoms with E-state index in [-0.39, 0.29) is 24.9 Å². The number of nitrogens with one attached hydrogen (secondary N) is 1. The summed E-state index contributed by atoms with van der Waals surface area (Å²) in [5, 5.41) is 6.85. The van der Waals surface area contributed by atoms with Crippen LogP contribution in [0.5, 0.6) is 0 Å². The molecule has 0 bridgehead atoms. The van der Waals surface area contributed by atoms with Crippen LogP contribution in [0.1, 0.15) is 55.1 Å². The lowest BCUT2D eigenvalue weighted by Gasteiger charge is -2.11. The molecule has 0 saturated carbocycles. The summed E-state index contributed by atoms with van der Waals surface area (Å²) in [7, 11) is 0. The number of esters is 1. The number of hydrogen-bond acceptors (Lipinski definition) is 7. The van der Waals surface area contributed by atoms with E-state index in [1.807, 2.05) is 38.1 Å². The van der Waals surface area contributed by atoms with E-state index in [1.54, 1.807) is 4.52 Å². The van der Waals surface area contributed by atoms with Crippen LogP contribution in [0.2, 0.25) is 0 Å². The number of carbonyl (C=O) groups is 2. The Balaban J connectivity index is 1.50. The molecule has 0 aliphatic heterocycles. The molecule has 3 rings (SSSR count). The highest BCUT2D eigenvalue weighted by Gasteiger charge is 2.15. The average molecular weight is 425 g/mol. The molecule has 1 aromatic carbocycles. The van der Waals surface area contributed by atoms with E-state index >= 15 is 0 Å². The Kier molecular flexibility index (Phi) is 6.84. The Bertz CT molecular complexity index is 1090. The highest BCUT2D eigenvalue weighted by molar-refractivity contribution is 5.92. The van der Waals surface area contributed by atoms with Crippen molar-refractivity contribution in [1.29, 1.82) is 0 Å². The number of benzene rings is 1. The van der Waals surface area contributed by atoms with Gasteiger partial charge in [0.25, 0.3) is 11.7 Å². The first-order chi connectivity index (χ1) is 14.8. The number of ether oxygens (including phenoxy) is 1. The molecule has 1 amide bonds. The van der Waals surface area contributed by atoms with Crippen molar-refractivity contribution in [3.63, 3.8) is 0 Å². The molecule has 0 saturated heterocycles. The monoisotopic (exact) mass is 424 g/mol. The highest BCUT2D eigenvalue weighted by Crippen LogP contribution is 2.20. The molecule has 0 aliphatic carbocycles. The molecule has 0 fully saturated rings. The fraction of sp³-hybridized carbons (Fsp3) is 0.409. The smallest absolute Gasteiger partial charge is 0.306 e. The number of nitrogen functional groups attached to an aromatic ring is 1. The third-order valence-electron chi connectivity index (χ3n) is 5.38. The van der Waals surface area contributed by atoms with Gasteiger partial charge in [0.15, 0.2) is 6.61 Å². The van der Waals surface area contributed by atoms with Crippen LogP contribution in [-0.2, 0) is 20.7 Å². The van der Waals surface area contributed by atoms with E-state index in [2.05, 4.69) is 34.2 Å². The zero-order valence-corrected chi connectivity index (χ0v) is 18.3. The number of fused-ring (bicyclic) bond motifs is 1. The van der Waals surface area contributed by atoms with Crippen molar-refractivity contribution in [2.24, 2.45) is 0 Å². The van der Waals surface area contributed by atoms with Crippen LogP contribution in [-0.4, -0.2) is 38.1 Å². The van der Waals surface area contributed by atoms with Crippen molar-refractivity contribution in [1.82, 2.24) is 19.6 Å². The number of nitrogens with two attached hydrogens (primary N) is 1. The van der Waals surface area contributed by atoms with Crippen LogP contribution >= 0.6 is 0 Å². The Morgan fingerprint density at radius 3 is 2.58 bits per heavy atom. The molecule has 9 heteroatoms. The molecule has 0 unspecified atom stereocenters. The second kappa shape index (κ2) is 9.55. The Labute approximate surface area is 181 Å². The second-order valence-electron chi connectivity index (χ2n) is 7.58. The largest absolute Gasteiger partial charge is 0.456 e. The van der Waals surface area contributed by atoms with E-state index in [9.17, 15) is 9.59 Å². The molecular formula is C22H28N6O3. The second-order valence-corrected chi connectivity index (χ2v) is 7.58. The molecule has 0 spiro atoms. The molecule has 3 aromatic rings. The fourth-order valence-corrected chi connectivity index (χ4v) is 3.36. The molecule has 0 aliphatic rings. The maximum Gasteiger partial charge on any atom is 0.306 e. The summed E-state index contributed by atoms with van der Waals surface area (Å²) in [6.07, 6.45) is 1.59. The van der Waals surface area contributed by atoms with Gasteiger partial charge in [0, 0.05) is 23.5 Å². The summed E-state index contributed by atoms with van der Waals surface area (Å²) >= 11 is 0. The first-order valence-corrected chi connectivity index (χ1v) is 10.3. The van der Waals surface area contributed by atoms with E-state index in [1.165, 1.54) is 5.56 Å². The van der Waals surface area contributed by atoms with Crippen LogP contribution in [0.15, 0.2) is 24.3 Å². The molecule has 3 N–H and O–H groups in total. The first-order valence-electron chi connectivity index (χ1n) is 10.3. The first kappa shape index (κ1) is 22.2. The van der Waals surface area contributed by atoms with Crippen LogP contribution in [0, 0.1) is 13.8 Å². The van der Waals surface area contributed by atoms with Crippen molar-refractivity contribution in [3.05, 3.63) is 46.8 Å². The minimum atomic E-state index is -0.459. The lowest BCUT2D eigenvalue weighted by Crippen LogP contribution is -2.21. The summed E-state index contributed by atoms with van der Waals surface area (Å²) in [5.74, 6) is 0.202. The zero-order chi connectivity index (χ0) is 22.5. The number of amides is 1. The van der Waals surface area contributed by atoms with Crippen LogP contribution in [0.4, 0.5) is 11.6 Å². The van der Waals surface area contributed by atoms with Crippen LogP contribution in [0.25, 0.3) is 5.78 Å². The van der Waals surface area contributed by atoms with Crippen molar-refractivity contribution >= 4 is 29.3 Å². The number of rotatable bonds is 8. The quantitative estimate of drug-likeness (QED) is 0.533. The minimum Gasteiger partial charge on any atom is -0.456 e. The molecule has 9 nitrogen and oxygen atoms in total. The molecular weight excluding hydrogens is 396 g/mol. The molecule has 164 valence electrons. The van der Waals surface area contributed by atoms with Crippen LogP contribution in [0.3, 0.4) is 0 Å². The third-order valence-corrected chi connectivity index (χ3v) is 5.38. The molecule has 31 heavy (non-hydrogen) atoms. The van der Waals surface area contributed by atoms with Gasteiger partial charge in [-0.15, -0.1) is 5.10 Å². The predicted octanol–water partition coefficient (Wildman–Crippen LogP) is 2.95. The number of hydrogen-bond donors (Lipinski definition) is 2.